The number of rotatable bonds is 2. The predicted molar refractivity (Wildman–Crippen MR) is 63.2 cm³/mol. The van der Waals surface area contributed by atoms with Gasteiger partial charge in [0.05, 0.1) is 5.56 Å². The molecule has 2 aromatic heterocycles. The summed E-state index contributed by atoms with van der Waals surface area (Å²) in [5.41, 5.74) is 1.85. The average molecular weight is 243 g/mol. The molecule has 0 saturated heterocycles. The van der Waals surface area contributed by atoms with Crippen LogP contribution >= 0.6 is 0 Å². The van der Waals surface area contributed by atoms with Gasteiger partial charge in [0.25, 0.3) is 0 Å². The van der Waals surface area contributed by atoms with Crippen LogP contribution in [0.15, 0.2) is 34.9 Å². The van der Waals surface area contributed by atoms with Crippen LogP contribution in [0, 0.1) is 0 Å². The highest BCUT2D eigenvalue weighted by atomic mass is 16.4. The number of carboxylic acid groups (broad SMARTS) is 1. The highest BCUT2D eigenvalue weighted by Crippen LogP contribution is 2.23. The van der Waals surface area contributed by atoms with E-state index in [-0.39, 0.29) is 5.56 Å². The Morgan fingerprint density at radius 3 is 2.89 bits per heavy atom. The number of aryl methyl sites for hydroxylation is 1. The van der Waals surface area contributed by atoms with Crippen LogP contribution in [-0.2, 0) is 7.05 Å². The minimum Gasteiger partial charge on any atom is -0.478 e. The van der Waals surface area contributed by atoms with E-state index in [1.807, 2.05) is 0 Å². The SMILES string of the molecule is Cn1ccc(-c2nc3cc(C(=O)O)ccc3o2)n1. The number of benzene rings is 1. The van der Waals surface area contributed by atoms with E-state index in [9.17, 15) is 4.79 Å². The van der Waals surface area contributed by atoms with Crippen LogP contribution in [0.3, 0.4) is 0 Å². The minimum atomic E-state index is -0.987. The Bertz CT molecular complexity index is 742. The van der Waals surface area contributed by atoms with Gasteiger partial charge < -0.3 is 9.52 Å². The molecule has 1 N–H and O–H groups in total. The van der Waals surface area contributed by atoms with Crippen molar-refractivity contribution in [3.63, 3.8) is 0 Å². The maximum atomic E-state index is 10.9. The lowest BCUT2D eigenvalue weighted by Crippen LogP contribution is -1.94. The summed E-state index contributed by atoms with van der Waals surface area (Å²) in [6, 6.07) is 6.34. The summed E-state index contributed by atoms with van der Waals surface area (Å²) in [6.45, 7) is 0. The fraction of sp³-hybridized carbons (Fsp3) is 0.0833. The lowest BCUT2D eigenvalue weighted by atomic mass is 10.2. The molecule has 0 atom stereocenters. The molecule has 0 aliphatic heterocycles. The van der Waals surface area contributed by atoms with E-state index < -0.39 is 5.97 Å². The molecule has 3 aromatic rings. The van der Waals surface area contributed by atoms with Crippen molar-refractivity contribution in [2.24, 2.45) is 7.05 Å². The Morgan fingerprint density at radius 1 is 1.39 bits per heavy atom. The molecule has 0 aliphatic carbocycles. The quantitative estimate of drug-likeness (QED) is 0.743. The first kappa shape index (κ1) is 10.5. The molecule has 3 rings (SSSR count). The molecule has 0 radical (unpaired) electrons. The summed E-state index contributed by atoms with van der Waals surface area (Å²) >= 11 is 0. The first-order valence-electron chi connectivity index (χ1n) is 5.27. The number of aromatic nitrogens is 3. The van der Waals surface area contributed by atoms with E-state index >= 15 is 0 Å². The summed E-state index contributed by atoms with van der Waals surface area (Å²) in [4.78, 5) is 15.1. The van der Waals surface area contributed by atoms with Gasteiger partial charge in [-0.25, -0.2) is 9.78 Å². The second-order valence-corrected chi connectivity index (χ2v) is 3.88. The van der Waals surface area contributed by atoms with Gasteiger partial charge >= 0.3 is 5.97 Å². The fourth-order valence-electron chi connectivity index (χ4n) is 1.70. The van der Waals surface area contributed by atoms with Gasteiger partial charge in [-0.3, -0.25) is 4.68 Å². The summed E-state index contributed by atoms with van der Waals surface area (Å²) in [7, 11) is 1.80. The lowest BCUT2D eigenvalue weighted by Gasteiger charge is -1.91. The highest BCUT2D eigenvalue weighted by Gasteiger charge is 2.12. The van der Waals surface area contributed by atoms with Crippen LogP contribution in [0.4, 0.5) is 0 Å². The Morgan fingerprint density at radius 2 is 2.22 bits per heavy atom. The van der Waals surface area contributed by atoms with E-state index in [2.05, 4.69) is 10.1 Å². The molecule has 6 heteroatoms. The van der Waals surface area contributed by atoms with Crippen LogP contribution in [0.25, 0.3) is 22.7 Å². The Balaban J connectivity index is 2.13. The van der Waals surface area contributed by atoms with E-state index in [0.717, 1.165) is 0 Å². The molecular weight excluding hydrogens is 234 g/mol. The smallest absolute Gasteiger partial charge is 0.335 e. The molecule has 90 valence electrons. The zero-order valence-corrected chi connectivity index (χ0v) is 9.49. The van der Waals surface area contributed by atoms with Crippen molar-refractivity contribution in [2.75, 3.05) is 0 Å². The Labute approximate surface area is 101 Å². The van der Waals surface area contributed by atoms with Gasteiger partial charge in [-0.05, 0) is 24.3 Å². The van der Waals surface area contributed by atoms with Gasteiger partial charge in [0.1, 0.15) is 11.2 Å². The Kier molecular flexibility index (Phi) is 2.16. The van der Waals surface area contributed by atoms with E-state index in [0.29, 0.717) is 22.7 Å². The van der Waals surface area contributed by atoms with E-state index in [1.54, 1.807) is 30.1 Å². The largest absolute Gasteiger partial charge is 0.478 e. The molecule has 1 aromatic carbocycles. The van der Waals surface area contributed by atoms with Crippen LogP contribution < -0.4 is 0 Å². The van der Waals surface area contributed by atoms with Gasteiger partial charge in [-0.1, -0.05) is 0 Å². The molecule has 0 saturated carbocycles. The zero-order valence-electron chi connectivity index (χ0n) is 9.49. The van der Waals surface area contributed by atoms with Crippen LogP contribution in [-0.4, -0.2) is 25.8 Å². The maximum absolute atomic E-state index is 10.9. The van der Waals surface area contributed by atoms with Gasteiger partial charge in [-0.15, -0.1) is 0 Å². The number of oxazole rings is 1. The van der Waals surface area contributed by atoms with E-state index in [1.165, 1.54) is 12.1 Å². The van der Waals surface area contributed by atoms with Crippen molar-refractivity contribution in [1.29, 1.82) is 0 Å². The number of nitrogens with zero attached hydrogens (tertiary/aromatic N) is 3. The van der Waals surface area contributed by atoms with Gasteiger partial charge in [0.15, 0.2) is 5.58 Å². The second-order valence-electron chi connectivity index (χ2n) is 3.88. The van der Waals surface area contributed by atoms with Crippen molar-refractivity contribution < 1.29 is 14.3 Å². The second kappa shape index (κ2) is 3.69. The number of carbonyl (C=O) groups is 1. The van der Waals surface area contributed by atoms with Crippen molar-refractivity contribution in [2.45, 2.75) is 0 Å². The van der Waals surface area contributed by atoms with Crippen LogP contribution in [0.2, 0.25) is 0 Å². The number of hydrogen-bond acceptors (Lipinski definition) is 4. The van der Waals surface area contributed by atoms with Crippen LogP contribution in [0.1, 0.15) is 10.4 Å². The summed E-state index contributed by atoms with van der Waals surface area (Å²) in [5.74, 6) is -0.604. The monoisotopic (exact) mass is 243 g/mol. The van der Waals surface area contributed by atoms with Crippen molar-refractivity contribution in [1.82, 2.24) is 14.8 Å². The summed E-state index contributed by atoms with van der Waals surface area (Å²) < 4.78 is 7.17. The average Bonchev–Trinajstić information content (AvgIpc) is 2.93. The van der Waals surface area contributed by atoms with Crippen molar-refractivity contribution in [3.8, 4) is 11.6 Å². The first-order valence-corrected chi connectivity index (χ1v) is 5.27. The third-order valence-corrected chi connectivity index (χ3v) is 2.57. The molecule has 2 heterocycles. The van der Waals surface area contributed by atoms with Crippen LogP contribution in [0.5, 0.6) is 0 Å². The standard InChI is InChI=1S/C12H9N3O3/c1-15-5-4-8(14-15)11-13-9-6-7(12(16)17)2-3-10(9)18-11/h2-6H,1H3,(H,16,17). The molecule has 0 fully saturated rings. The van der Waals surface area contributed by atoms with Crippen molar-refractivity contribution >= 4 is 17.1 Å². The number of aromatic carboxylic acids is 1. The molecule has 0 bridgehead atoms. The highest BCUT2D eigenvalue weighted by molar-refractivity contribution is 5.92. The molecule has 6 nitrogen and oxygen atoms in total. The molecule has 0 unspecified atom stereocenters. The topological polar surface area (TPSA) is 81.2 Å². The zero-order chi connectivity index (χ0) is 12.7. The molecular formula is C12H9N3O3. The van der Waals surface area contributed by atoms with Crippen molar-refractivity contribution in [3.05, 3.63) is 36.0 Å². The molecule has 18 heavy (non-hydrogen) atoms. The number of hydrogen-bond donors (Lipinski definition) is 1. The molecule has 0 spiro atoms. The van der Waals surface area contributed by atoms with Gasteiger partial charge in [0.2, 0.25) is 5.89 Å². The molecule has 0 amide bonds. The summed E-state index contributed by atoms with van der Waals surface area (Å²) in [6.07, 6.45) is 1.78. The third kappa shape index (κ3) is 1.64. The van der Waals surface area contributed by atoms with Gasteiger partial charge in [0, 0.05) is 13.2 Å². The minimum absolute atomic E-state index is 0.184. The fourth-order valence-corrected chi connectivity index (χ4v) is 1.70. The normalized spacial score (nSPS) is 10.9. The maximum Gasteiger partial charge on any atom is 0.335 e. The first-order chi connectivity index (χ1) is 8.63. The lowest BCUT2D eigenvalue weighted by molar-refractivity contribution is 0.0697. The number of carboxylic acids is 1. The third-order valence-electron chi connectivity index (χ3n) is 2.57. The Hall–Kier alpha value is -2.63. The number of fused-ring (bicyclic) bond motifs is 1. The van der Waals surface area contributed by atoms with E-state index in [4.69, 9.17) is 9.52 Å². The predicted octanol–water partition coefficient (Wildman–Crippen LogP) is 1.93. The van der Waals surface area contributed by atoms with Gasteiger partial charge in [-0.2, -0.15) is 5.10 Å². The summed E-state index contributed by atoms with van der Waals surface area (Å²) in [5, 5.41) is 13.1. The molecule has 0 aliphatic rings.